The third kappa shape index (κ3) is 3.84. The molecule has 20 heavy (non-hydrogen) atoms. The van der Waals surface area contributed by atoms with E-state index in [1.54, 1.807) is 11.8 Å². The molecule has 0 aliphatic heterocycles. The average molecular weight is 286 g/mol. The highest BCUT2D eigenvalue weighted by atomic mass is 32.2. The van der Waals surface area contributed by atoms with E-state index >= 15 is 0 Å². The Morgan fingerprint density at radius 2 is 1.80 bits per heavy atom. The van der Waals surface area contributed by atoms with E-state index in [9.17, 15) is 0 Å². The standard InChI is InChI=1S/C17H22N2S/c1-17(2,3)14-7-9-15(10-8-14)20-16-13(12-18-4)6-5-11-19-16/h5-11,18H,12H2,1-4H3. The molecule has 3 heteroatoms. The molecule has 0 radical (unpaired) electrons. The number of aromatic nitrogens is 1. The van der Waals surface area contributed by atoms with Gasteiger partial charge in [-0.2, -0.15) is 0 Å². The van der Waals surface area contributed by atoms with Gasteiger partial charge in [0.1, 0.15) is 5.03 Å². The van der Waals surface area contributed by atoms with Gasteiger partial charge in [-0.25, -0.2) is 4.98 Å². The largest absolute Gasteiger partial charge is 0.316 e. The van der Waals surface area contributed by atoms with E-state index in [-0.39, 0.29) is 5.41 Å². The second-order valence-electron chi connectivity index (χ2n) is 5.87. The summed E-state index contributed by atoms with van der Waals surface area (Å²) in [5.74, 6) is 0. The first kappa shape index (κ1) is 15.1. The van der Waals surface area contributed by atoms with Crippen molar-refractivity contribution in [3.05, 3.63) is 53.7 Å². The van der Waals surface area contributed by atoms with Crippen LogP contribution in [0.1, 0.15) is 31.9 Å². The Morgan fingerprint density at radius 1 is 1.10 bits per heavy atom. The fourth-order valence-corrected chi connectivity index (χ4v) is 2.86. The second kappa shape index (κ2) is 6.42. The minimum Gasteiger partial charge on any atom is -0.316 e. The molecule has 0 saturated heterocycles. The van der Waals surface area contributed by atoms with Gasteiger partial charge in [-0.1, -0.05) is 50.7 Å². The lowest BCUT2D eigenvalue weighted by atomic mass is 9.87. The van der Waals surface area contributed by atoms with Gasteiger partial charge in [-0.15, -0.1) is 0 Å². The third-order valence-electron chi connectivity index (χ3n) is 3.15. The summed E-state index contributed by atoms with van der Waals surface area (Å²) in [6, 6.07) is 12.9. The van der Waals surface area contributed by atoms with E-state index in [2.05, 4.69) is 61.4 Å². The van der Waals surface area contributed by atoms with Gasteiger partial charge in [0.2, 0.25) is 0 Å². The molecule has 0 aliphatic carbocycles. The van der Waals surface area contributed by atoms with Crippen LogP contribution in [0.3, 0.4) is 0 Å². The smallest absolute Gasteiger partial charge is 0.105 e. The molecule has 106 valence electrons. The zero-order valence-electron chi connectivity index (χ0n) is 12.6. The van der Waals surface area contributed by atoms with E-state index in [4.69, 9.17) is 0 Å². The maximum absolute atomic E-state index is 4.49. The minimum absolute atomic E-state index is 0.200. The predicted octanol–water partition coefficient (Wildman–Crippen LogP) is 4.25. The number of benzene rings is 1. The van der Waals surface area contributed by atoms with Gasteiger partial charge in [-0.3, -0.25) is 0 Å². The van der Waals surface area contributed by atoms with Crippen LogP contribution in [-0.2, 0) is 12.0 Å². The zero-order chi connectivity index (χ0) is 14.6. The normalized spacial score (nSPS) is 11.6. The van der Waals surface area contributed by atoms with E-state index in [1.165, 1.54) is 16.0 Å². The van der Waals surface area contributed by atoms with Crippen molar-refractivity contribution >= 4 is 11.8 Å². The van der Waals surface area contributed by atoms with Gasteiger partial charge in [0.15, 0.2) is 0 Å². The molecule has 0 saturated carbocycles. The van der Waals surface area contributed by atoms with Crippen molar-refractivity contribution < 1.29 is 0 Å². The van der Waals surface area contributed by atoms with Crippen molar-refractivity contribution in [2.75, 3.05) is 7.05 Å². The summed E-state index contributed by atoms with van der Waals surface area (Å²) in [7, 11) is 1.96. The fourth-order valence-electron chi connectivity index (χ4n) is 1.98. The van der Waals surface area contributed by atoms with Gasteiger partial charge in [0, 0.05) is 17.6 Å². The van der Waals surface area contributed by atoms with Crippen LogP contribution in [0.15, 0.2) is 52.5 Å². The minimum atomic E-state index is 0.200. The Kier molecular flexibility index (Phi) is 4.84. The Balaban J connectivity index is 2.18. The molecule has 0 atom stereocenters. The summed E-state index contributed by atoms with van der Waals surface area (Å²) in [5, 5.41) is 4.26. The molecule has 1 heterocycles. The monoisotopic (exact) mass is 286 g/mol. The maximum Gasteiger partial charge on any atom is 0.105 e. The van der Waals surface area contributed by atoms with Crippen molar-refractivity contribution in [3.8, 4) is 0 Å². The van der Waals surface area contributed by atoms with Crippen LogP contribution < -0.4 is 5.32 Å². The van der Waals surface area contributed by atoms with Gasteiger partial charge in [0.25, 0.3) is 0 Å². The SMILES string of the molecule is CNCc1cccnc1Sc1ccc(C(C)(C)C)cc1. The fraction of sp³-hybridized carbons (Fsp3) is 0.353. The molecule has 1 aromatic heterocycles. The molecule has 0 bridgehead atoms. The topological polar surface area (TPSA) is 24.9 Å². The Hall–Kier alpha value is -1.32. The maximum atomic E-state index is 4.49. The first-order chi connectivity index (χ1) is 9.50. The van der Waals surface area contributed by atoms with Crippen molar-refractivity contribution in [1.29, 1.82) is 0 Å². The van der Waals surface area contributed by atoms with Crippen LogP contribution >= 0.6 is 11.8 Å². The molecular weight excluding hydrogens is 264 g/mol. The number of rotatable bonds is 4. The molecule has 0 amide bonds. The molecule has 0 fully saturated rings. The Labute approximate surface area is 126 Å². The summed E-state index contributed by atoms with van der Waals surface area (Å²) < 4.78 is 0. The Morgan fingerprint density at radius 3 is 2.40 bits per heavy atom. The molecule has 0 spiro atoms. The number of nitrogens with zero attached hydrogens (tertiary/aromatic N) is 1. The summed E-state index contributed by atoms with van der Waals surface area (Å²) in [6.07, 6.45) is 1.85. The van der Waals surface area contributed by atoms with Gasteiger partial charge in [-0.05, 0) is 41.8 Å². The summed E-state index contributed by atoms with van der Waals surface area (Å²) >= 11 is 1.72. The van der Waals surface area contributed by atoms with Gasteiger partial charge >= 0.3 is 0 Å². The third-order valence-corrected chi connectivity index (χ3v) is 4.22. The highest BCUT2D eigenvalue weighted by molar-refractivity contribution is 7.99. The van der Waals surface area contributed by atoms with Crippen LogP contribution in [-0.4, -0.2) is 12.0 Å². The molecule has 0 aliphatic rings. The number of pyridine rings is 1. The summed E-state index contributed by atoms with van der Waals surface area (Å²) in [6.45, 7) is 7.55. The molecule has 1 N–H and O–H groups in total. The van der Waals surface area contributed by atoms with Gasteiger partial charge < -0.3 is 5.32 Å². The van der Waals surface area contributed by atoms with Crippen molar-refractivity contribution in [2.24, 2.45) is 0 Å². The van der Waals surface area contributed by atoms with E-state index in [1.807, 2.05) is 19.3 Å². The lowest BCUT2D eigenvalue weighted by molar-refractivity contribution is 0.590. The molecule has 0 unspecified atom stereocenters. The van der Waals surface area contributed by atoms with Crippen molar-refractivity contribution in [3.63, 3.8) is 0 Å². The van der Waals surface area contributed by atoms with Crippen LogP contribution in [0, 0.1) is 0 Å². The summed E-state index contributed by atoms with van der Waals surface area (Å²) in [4.78, 5) is 5.72. The number of hydrogen-bond acceptors (Lipinski definition) is 3. The van der Waals surface area contributed by atoms with Crippen molar-refractivity contribution in [2.45, 2.75) is 42.7 Å². The number of hydrogen-bond donors (Lipinski definition) is 1. The average Bonchev–Trinajstić information content (AvgIpc) is 2.41. The van der Waals surface area contributed by atoms with Crippen LogP contribution in [0.4, 0.5) is 0 Å². The Bertz CT molecular complexity index is 556. The van der Waals surface area contributed by atoms with Crippen LogP contribution in [0.2, 0.25) is 0 Å². The van der Waals surface area contributed by atoms with Crippen molar-refractivity contribution in [1.82, 2.24) is 10.3 Å². The predicted molar refractivity (Wildman–Crippen MR) is 86.3 cm³/mol. The summed E-state index contributed by atoms with van der Waals surface area (Å²) in [5.41, 5.74) is 2.80. The molecule has 2 rings (SSSR count). The van der Waals surface area contributed by atoms with Crippen LogP contribution in [0.25, 0.3) is 0 Å². The van der Waals surface area contributed by atoms with Crippen LogP contribution in [0.5, 0.6) is 0 Å². The molecule has 2 nitrogen and oxygen atoms in total. The lowest BCUT2D eigenvalue weighted by Crippen LogP contribution is -2.10. The lowest BCUT2D eigenvalue weighted by Gasteiger charge is -2.19. The zero-order valence-corrected chi connectivity index (χ0v) is 13.4. The van der Waals surface area contributed by atoms with E-state index < -0.39 is 0 Å². The molecule has 1 aromatic carbocycles. The molecular formula is C17H22N2S. The van der Waals surface area contributed by atoms with Gasteiger partial charge in [0.05, 0.1) is 0 Å². The van der Waals surface area contributed by atoms with E-state index in [0.717, 1.165) is 11.6 Å². The van der Waals surface area contributed by atoms with E-state index in [0.29, 0.717) is 0 Å². The first-order valence-electron chi connectivity index (χ1n) is 6.87. The first-order valence-corrected chi connectivity index (χ1v) is 7.69. The quantitative estimate of drug-likeness (QED) is 0.909. The highest BCUT2D eigenvalue weighted by Gasteiger charge is 2.13. The highest BCUT2D eigenvalue weighted by Crippen LogP contribution is 2.30. The molecule has 2 aromatic rings. The number of nitrogens with one attached hydrogen (secondary N) is 1. The second-order valence-corrected chi connectivity index (χ2v) is 6.94.